The SMILES string of the molecule is C[C@H](NCC(=O)NCC(=O)N(C)C)c1ccc(Cl)cc1. The van der Waals surface area contributed by atoms with Gasteiger partial charge in [-0.1, -0.05) is 23.7 Å². The smallest absolute Gasteiger partial charge is 0.241 e. The van der Waals surface area contributed by atoms with E-state index in [1.54, 1.807) is 14.1 Å². The topological polar surface area (TPSA) is 61.4 Å². The Morgan fingerprint density at radius 1 is 1.20 bits per heavy atom. The van der Waals surface area contributed by atoms with Crippen LogP contribution >= 0.6 is 11.6 Å². The second-order valence-electron chi connectivity index (χ2n) is 4.72. The monoisotopic (exact) mass is 297 g/mol. The number of carbonyl (C=O) groups is 2. The summed E-state index contributed by atoms with van der Waals surface area (Å²) in [6, 6.07) is 7.47. The van der Waals surface area contributed by atoms with Crippen LogP contribution in [0.5, 0.6) is 0 Å². The second kappa shape index (κ2) is 7.87. The predicted octanol–water partition coefficient (Wildman–Crippen LogP) is 1.19. The van der Waals surface area contributed by atoms with Crippen molar-refractivity contribution in [1.82, 2.24) is 15.5 Å². The quantitative estimate of drug-likeness (QED) is 0.829. The van der Waals surface area contributed by atoms with Gasteiger partial charge in [0.1, 0.15) is 0 Å². The van der Waals surface area contributed by atoms with E-state index in [-0.39, 0.29) is 30.9 Å². The molecule has 1 aromatic rings. The number of likely N-dealkylation sites (N-methyl/N-ethyl adjacent to an activating group) is 1. The minimum Gasteiger partial charge on any atom is -0.347 e. The average Bonchev–Trinajstić information content (AvgIpc) is 2.42. The fourth-order valence-electron chi connectivity index (χ4n) is 1.51. The van der Waals surface area contributed by atoms with E-state index in [9.17, 15) is 9.59 Å². The lowest BCUT2D eigenvalue weighted by atomic mass is 10.1. The number of hydrogen-bond donors (Lipinski definition) is 2. The highest BCUT2D eigenvalue weighted by molar-refractivity contribution is 6.30. The Labute approximate surface area is 124 Å². The molecule has 1 aromatic carbocycles. The number of nitrogens with zero attached hydrogens (tertiary/aromatic N) is 1. The first-order chi connectivity index (χ1) is 9.40. The highest BCUT2D eigenvalue weighted by Gasteiger charge is 2.09. The van der Waals surface area contributed by atoms with E-state index in [0.717, 1.165) is 5.56 Å². The molecule has 0 aliphatic carbocycles. The number of amides is 2. The van der Waals surface area contributed by atoms with Crippen molar-refractivity contribution in [2.45, 2.75) is 13.0 Å². The molecular weight excluding hydrogens is 278 g/mol. The van der Waals surface area contributed by atoms with Gasteiger partial charge in [0, 0.05) is 25.2 Å². The van der Waals surface area contributed by atoms with Gasteiger partial charge in [-0.2, -0.15) is 0 Å². The van der Waals surface area contributed by atoms with Gasteiger partial charge in [0.15, 0.2) is 0 Å². The standard InChI is InChI=1S/C14H20ClN3O2/c1-10(11-4-6-12(15)7-5-11)16-8-13(19)17-9-14(20)18(2)3/h4-7,10,16H,8-9H2,1-3H3,(H,17,19)/t10-/m0/s1. The molecule has 1 atom stereocenters. The molecule has 20 heavy (non-hydrogen) atoms. The van der Waals surface area contributed by atoms with Gasteiger partial charge in [0.25, 0.3) is 0 Å². The Balaban J connectivity index is 2.33. The van der Waals surface area contributed by atoms with Crippen LogP contribution in [-0.4, -0.2) is 43.9 Å². The van der Waals surface area contributed by atoms with Gasteiger partial charge in [0.05, 0.1) is 13.1 Å². The molecular formula is C14H20ClN3O2. The lowest BCUT2D eigenvalue weighted by Crippen LogP contribution is -2.40. The third-order valence-electron chi connectivity index (χ3n) is 2.87. The van der Waals surface area contributed by atoms with Gasteiger partial charge in [-0.25, -0.2) is 0 Å². The molecule has 6 heteroatoms. The zero-order chi connectivity index (χ0) is 15.1. The predicted molar refractivity (Wildman–Crippen MR) is 79.6 cm³/mol. The minimum atomic E-state index is -0.207. The van der Waals surface area contributed by atoms with Gasteiger partial charge in [-0.05, 0) is 24.6 Å². The van der Waals surface area contributed by atoms with Crippen molar-refractivity contribution in [2.75, 3.05) is 27.2 Å². The van der Waals surface area contributed by atoms with Crippen LogP contribution in [-0.2, 0) is 9.59 Å². The van der Waals surface area contributed by atoms with Crippen LogP contribution < -0.4 is 10.6 Å². The summed E-state index contributed by atoms with van der Waals surface area (Å²) in [5.74, 6) is -0.342. The molecule has 5 nitrogen and oxygen atoms in total. The minimum absolute atomic E-state index is 0.0167. The molecule has 2 amide bonds. The summed E-state index contributed by atoms with van der Waals surface area (Å²) in [6.07, 6.45) is 0. The average molecular weight is 298 g/mol. The van der Waals surface area contributed by atoms with Crippen LogP contribution in [0.25, 0.3) is 0 Å². The number of nitrogens with one attached hydrogen (secondary N) is 2. The summed E-state index contributed by atoms with van der Waals surface area (Å²) in [4.78, 5) is 24.3. The first-order valence-corrected chi connectivity index (χ1v) is 6.73. The molecule has 0 saturated carbocycles. The van der Waals surface area contributed by atoms with E-state index in [0.29, 0.717) is 5.02 Å². The van der Waals surface area contributed by atoms with Gasteiger partial charge < -0.3 is 15.5 Å². The summed E-state index contributed by atoms with van der Waals surface area (Å²) in [7, 11) is 3.30. The molecule has 110 valence electrons. The van der Waals surface area contributed by atoms with Crippen LogP contribution in [0.15, 0.2) is 24.3 Å². The summed E-state index contributed by atoms with van der Waals surface area (Å²) < 4.78 is 0. The Hall–Kier alpha value is -1.59. The van der Waals surface area contributed by atoms with Crippen LogP contribution in [0.2, 0.25) is 5.02 Å². The highest BCUT2D eigenvalue weighted by atomic mass is 35.5. The van der Waals surface area contributed by atoms with E-state index in [1.807, 2.05) is 31.2 Å². The Morgan fingerprint density at radius 3 is 2.35 bits per heavy atom. The van der Waals surface area contributed by atoms with Gasteiger partial charge in [-0.15, -0.1) is 0 Å². The molecule has 0 fully saturated rings. The molecule has 0 aromatic heterocycles. The lowest BCUT2D eigenvalue weighted by molar-refractivity contribution is -0.130. The number of carbonyl (C=O) groups excluding carboxylic acids is 2. The van der Waals surface area contributed by atoms with Crippen molar-refractivity contribution in [2.24, 2.45) is 0 Å². The number of hydrogen-bond acceptors (Lipinski definition) is 3. The van der Waals surface area contributed by atoms with Crippen LogP contribution in [0.3, 0.4) is 0 Å². The number of halogens is 1. The summed E-state index contributed by atoms with van der Waals surface area (Å²) in [6.45, 7) is 2.13. The third-order valence-corrected chi connectivity index (χ3v) is 3.13. The zero-order valence-corrected chi connectivity index (χ0v) is 12.7. The fourth-order valence-corrected chi connectivity index (χ4v) is 1.64. The van der Waals surface area contributed by atoms with Gasteiger partial charge in [0.2, 0.25) is 11.8 Å². The second-order valence-corrected chi connectivity index (χ2v) is 5.16. The zero-order valence-electron chi connectivity index (χ0n) is 11.9. The molecule has 0 spiro atoms. The molecule has 0 unspecified atom stereocenters. The fraction of sp³-hybridized carbons (Fsp3) is 0.429. The first kappa shape index (κ1) is 16.5. The van der Waals surface area contributed by atoms with E-state index < -0.39 is 0 Å². The molecule has 0 heterocycles. The third kappa shape index (κ3) is 5.59. The van der Waals surface area contributed by atoms with Crippen LogP contribution in [0.4, 0.5) is 0 Å². The van der Waals surface area contributed by atoms with E-state index in [2.05, 4.69) is 10.6 Å². The maximum atomic E-state index is 11.6. The van der Waals surface area contributed by atoms with E-state index in [4.69, 9.17) is 11.6 Å². The van der Waals surface area contributed by atoms with Crippen molar-refractivity contribution >= 4 is 23.4 Å². The highest BCUT2D eigenvalue weighted by Crippen LogP contribution is 2.15. The lowest BCUT2D eigenvalue weighted by Gasteiger charge is -2.15. The molecule has 0 radical (unpaired) electrons. The molecule has 2 N–H and O–H groups in total. The maximum Gasteiger partial charge on any atom is 0.241 e. The number of rotatable bonds is 6. The van der Waals surface area contributed by atoms with E-state index in [1.165, 1.54) is 4.90 Å². The van der Waals surface area contributed by atoms with Crippen LogP contribution in [0.1, 0.15) is 18.5 Å². The van der Waals surface area contributed by atoms with Crippen molar-refractivity contribution in [3.05, 3.63) is 34.9 Å². The molecule has 0 saturated heterocycles. The Bertz CT molecular complexity index is 460. The summed E-state index contributed by atoms with van der Waals surface area (Å²) in [5, 5.41) is 6.34. The molecule has 0 aliphatic heterocycles. The maximum absolute atomic E-state index is 11.6. The summed E-state index contributed by atoms with van der Waals surface area (Å²) in [5.41, 5.74) is 1.05. The first-order valence-electron chi connectivity index (χ1n) is 6.36. The van der Waals surface area contributed by atoms with Gasteiger partial charge in [-0.3, -0.25) is 9.59 Å². The molecule has 1 rings (SSSR count). The number of benzene rings is 1. The molecule has 0 bridgehead atoms. The normalized spacial score (nSPS) is 11.8. The Kier molecular flexibility index (Phi) is 6.48. The molecule has 0 aliphatic rings. The largest absolute Gasteiger partial charge is 0.347 e. The Morgan fingerprint density at radius 2 is 1.80 bits per heavy atom. The van der Waals surface area contributed by atoms with Crippen molar-refractivity contribution in [3.8, 4) is 0 Å². The van der Waals surface area contributed by atoms with Crippen molar-refractivity contribution < 1.29 is 9.59 Å². The van der Waals surface area contributed by atoms with Gasteiger partial charge >= 0.3 is 0 Å². The van der Waals surface area contributed by atoms with Crippen LogP contribution in [0, 0.1) is 0 Å². The van der Waals surface area contributed by atoms with Crippen molar-refractivity contribution in [1.29, 1.82) is 0 Å². The summed E-state index contributed by atoms with van der Waals surface area (Å²) >= 11 is 5.82. The van der Waals surface area contributed by atoms with Crippen molar-refractivity contribution in [3.63, 3.8) is 0 Å². The van der Waals surface area contributed by atoms with E-state index >= 15 is 0 Å².